The first-order chi connectivity index (χ1) is 6.33. The summed E-state index contributed by atoms with van der Waals surface area (Å²) < 4.78 is 2.19. The van der Waals surface area contributed by atoms with Gasteiger partial charge in [0.1, 0.15) is 0 Å². The summed E-state index contributed by atoms with van der Waals surface area (Å²) in [5, 5.41) is 0. The van der Waals surface area contributed by atoms with Crippen molar-refractivity contribution in [3.05, 3.63) is 36.5 Å². The Labute approximate surface area is 92.1 Å². The average Bonchev–Trinajstić information content (AvgIpc) is 2.19. The van der Waals surface area contributed by atoms with Gasteiger partial charge in [-0.1, -0.05) is 0 Å². The Morgan fingerprint density at radius 2 is 2.46 bits per heavy atom. The molecule has 0 radical (unpaired) electrons. The molecule has 13 heavy (non-hydrogen) atoms. The molecular formula is C12H18I-. The van der Waals surface area contributed by atoms with Gasteiger partial charge in [0, 0.05) is 0 Å². The Bertz CT molecular complexity index is 213. The second-order valence-electron chi connectivity index (χ2n) is 3.27. The fourth-order valence-corrected chi connectivity index (χ4v) is 3.53. The van der Waals surface area contributed by atoms with E-state index >= 15 is 0 Å². The van der Waals surface area contributed by atoms with Crippen molar-refractivity contribution in [1.29, 1.82) is 0 Å². The van der Waals surface area contributed by atoms with Crippen molar-refractivity contribution in [2.24, 2.45) is 0 Å². The van der Waals surface area contributed by atoms with Crippen molar-refractivity contribution in [3.8, 4) is 0 Å². The number of hydrogen-bond acceptors (Lipinski definition) is 0. The Morgan fingerprint density at radius 1 is 1.62 bits per heavy atom. The number of alkyl halides is 2. The van der Waals surface area contributed by atoms with Gasteiger partial charge in [0.15, 0.2) is 0 Å². The predicted molar refractivity (Wildman–Crippen MR) is 55.6 cm³/mol. The monoisotopic (exact) mass is 289 g/mol. The zero-order valence-electron chi connectivity index (χ0n) is 8.30. The maximum atomic E-state index is 3.82. The summed E-state index contributed by atoms with van der Waals surface area (Å²) in [5.74, 6) is 0. The summed E-state index contributed by atoms with van der Waals surface area (Å²) in [6.45, 7) is 6.11. The van der Waals surface area contributed by atoms with Gasteiger partial charge in [-0.2, -0.15) is 0 Å². The summed E-state index contributed by atoms with van der Waals surface area (Å²) in [7, 11) is 0. The zero-order chi connectivity index (χ0) is 9.52. The third kappa shape index (κ3) is 4.65. The van der Waals surface area contributed by atoms with Crippen LogP contribution in [0.15, 0.2) is 36.5 Å². The SMILES string of the molecule is C=CC(C)[I-]CCC1=CCCC=C1. The van der Waals surface area contributed by atoms with E-state index in [4.69, 9.17) is 0 Å². The quantitative estimate of drug-likeness (QED) is 0.388. The molecule has 0 heterocycles. The van der Waals surface area contributed by atoms with Gasteiger partial charge in [-0.25, -0.2) is 0 Å². The van der Waals surface area contributed by atoms with E-state index in [9.17, 15) is 0 Å². The van der Waals surface area contributed by atoms with Gasteiger partial charge in [0.2, 0.25) is 0 Å². The molecule has 0 aromatic rings. The van der Waals surface area contributed by atoms with Crippen molar-refractivity contribution in [2.45, 2.75) is 30.1 Å². The molecule has 1 aliphatic carbocycles. The average molecular weight is 289 g/mol. The van der Waals surface area contributed by atoms with Crippen LogP contribution in [0.2, 0.25) is 0 Å². The maximum absolute atomic E-state index is 3.82. The van der Waals surface area contributed by atoms with Crippen LogP contribution in [0.4, 0.5) is 0 Å². The Balaban J connectivity index is 2.15. The van der Waals surface area contributed by atoms with Crippen LogP contribution in [0.1, 0.15) is 26.2 Å². The minimum atomic E-state index is 0.342. The van der Waals surface area contributed by atoms with E-state index in [1.807, 2.05) is 0 Å². The second kappa shape index (κ2) is 6.41. The molecule has 0 saturated heterocycles. The molecule has 0 saturated carbocycles. The van der Waals surface area contributed by atoms with Crippen molar-refractivity contribution in [3.63, 3.8) is 0 Å². The van der Waals surface area contributed by atoms with Crippen LogP contribution in [0, 0.1) is 0 Å². The second-order valence-corrected chi connectivity index (χ2v) is 7.19. The van der Waals surface area contributed by atoms with E-state index in [0.29, 0.717) is 21.2 Å². The molecule has 0 aliphatic heterocycles. The zero-order valence-corrected chi connectivity index (χ0v) is 10.5. The normalized spacial score (nSPS) is 18.4. The molecule has 1 aliphatic rings. The molecule has 0 N–H and O–H groups in total. The molecule has 1 heteroatoms. The Hall–Kier alpha value is -0.0500. The van der Waals surface area contributed by atoms with E-state index in [-0.39, 0.29) is 0 Å². The van der Waals surface area contributed by atoms with E-state index in [2.05, 4.69) is 37.8 Å². The number of rotatable bonds is 5. The van der Waals surface area contributed by atoms with Crippen molar-refractivity contribution < 1.29 is 21.2 Å². The third-order valence-corrected chi connectivity index (χ3v) is 5.19. The topological polar surface area (TPSA) is 0 Å². The Kier molecular flexibility index (Phi) is 5.44. The standard InChI is InChI=1S/C12H18I/c1-3-11(2)13-10-9-12-7-5-4-6-8-12/h3,5,7-8,11H,1,4,6,9-10H2,2H3/q-1. The predicted octanol–water partition coefficient (Wildman–Crippen LogP) is 0.316. The summed E-state index contributed by atoms with van der Waals surface area (Å²) in [5.41, 5.74) is 1.56. The molecule has 0 spiro atoms. The number of halogens is 1. The molecular weight excluding hydrogens is 271 g/mol. The van der Waals surface area contributed by atoms with Crippen molar-refractivity contribution >= 4 is 0 Å². The van der Waals surface area contributed by atoms with Crippen LogP contribution in [0.25, 0.3) is 0 Å². The van der Waals surface area contributed by atoms with Gasteiger partial charge < -0.3 is 0 Å². The fourth-order valence-electron chi connectivity index (χ4n) is 1.25. The summed E-state index contributed by atoms with van der Waals surface area (Å²) in [6.07, 6.45) is 12.9. The summed E-state index contributed by atoms with van der Waals surface area (Å²) in [4.78, 5) is 0. The van der Waals surface area contributed by atoms with Crippen molar-refractivity contribution in [2.75, 3.05) is 4.43 Å². The van der Waals surface area contributed by atoms with Gasteiger partial charge in [-0.15, -0.1) is 0 Å². The van der Waals surface area contributed by atoms with Crippen LogP contribution >= 0.6 is 0 Å². The molecule has 0 aromatic carbocycles. The van der Waals surface area contributed by atoms with Gasteiger partial charge in [-0.3, -0.25) is 0 Å². The molecule has 0 bridgehead atoms. The van der Waals surface area contributed by atoms with E-state index in [1.54, 1.807) is 5.57 Å². The number of hydrogen-bond donors (Lipinski definition) is 0. The Morgan fingerprint density at radius 3 is 3.08 bits per heavy atom. The van der Waals surface area contributed by atoms with Crippen LogP contribution in [-0.2, 0) is 0 Å². The van der Waals surface area contributed by atoms with Gasteiger partial charge >= 0.3 is 92.2 Å². The van der Waals surface area contributed by atoms with Crippen LogP contribution in [-0.4, -0.2) is 8.35 Å². The van der Waals surface area contributed by atoms with E-state index in [1.165, 1.54) is 23.7 Å². The van der Waals surface area contributed by atoms with Crippen molar-refractivity contribution in [1.82, 2.24) is 0 Å². The first kappa shape index (κ1) is 11.0. The third-order valence-electron chi connectivity index (χ3n) is 2.13. The molecule has 0 amide bonds. The molecule has 1 rings (SSSR count). The molecule has 74 valence electrons. The van der Waals surface area contributed by atoms with Gasteiger partial charge in [-0.05, 0) is 0 Å². The minimum absolute atomic E-state index is 0.342. The van der Waals surface area contributed by atoms with E-state index in [0.717, 1.165) is 3.92 Å². The van der Waals surface area contributed by atoms with Gasteiger partial charge in [0.05, 0.1) is 0 Å². The molecule has 1 atom stereocenters. The first-order valence-electron chi connectivity index (χ1n) is 4.89. The first-order valence-corrected chi connectivity index (χ1v) is 7.66. The molecule has 0 nitrogen and oxygen atoms in total. The number of allylic oxidation sites excluding steroid dienone is 5. The van der Waals surface area contributed by atoms with Crippen LogP contribution < -0.4 is 21.2 Å². The van der Waals surface area contributed by atoms with E-state index < -0.39 is 0 Å². The fraction of sp³-hybridized carbons (Fsp3) is 0.500. The molecule has 1 unspecified atom stereocenters. The van der Waals surface area contributed by atoms with Crippen LogP contribution in [0.5, 0.6) is 0 Å². The molecule has 0 aromatic heterocycles. The summed E-state index contributed by atoms with van der Waals surface area (Å²) >= 11 is 0.342. The molecule has 0 fully saturated rings. The summed E-state index contributed by atoms with van der Waals surface area (Å²) in [6, 6.07) is 0. The van der Waals surface area contributed by atoms with Crippen LogP contribution in [0.3, 0.4) is 0 Å². The van der Waals surface area contributed by atoms with Gasteiger partial charge in [0.25, 0.3) is 0 Å².